The standard InChI is InChI=1S/C16H19Cl2NO/c1-19-11-5-6-12(19)8-10(7-11)16(20)9-13-14(17)3-2-4-15(13)18/h2-4,10-12H,5-9H2,1H3. The second-order valence-electron chi connectivity index (χ2n) is 6.06. The molecule has 20 heavy (non-hydrogen) atoms. The molecule has 2 aliphatic rings. The van der Waals surface area contributed by atoms with Crippen LogP contribution >= 0.6 is 23.2 Å². The van der Waals surface area contributed by atoms with Crippen molar-refractivity contribution in [1.29, 1.82) is 0 Å². The molecule has 0 saturated carbocycles. The number of hydrogen-bond acceptors (Lipinski definition) is 2. The Morgan fingerprint density at radius 2 is 1.75 bits per heavy atom. The van der Waals surface area contributed by atoms with E-state index in [1.165, 1.54) is 12.8 Å². The zero-order chi connectivity index (χ0) is 14.3. The third-order valence-corrected chi connectivity index (χ3v) is 5.67. The summed E-state index contributed by atoms with van der Waals surface area (Å²) in [4.78, 5) is 15.0. The monoisotopic (exact) mass is 311 g/mol. The molecule has 0 N–H and O–H groups in total. The number of Topliss-reactive ketones (excluding diaryl/α,β-unsaturated/α-hetero) is 1. The zero-order valence-corrected chi connectivity index (χ0v) is 13.1. The van der Waals surface area contributed by atoms with Gasteiger partial charge in [0.1, 0.15) is 5.78 Å². The first-order valence-corrected chi connectivity index (χ1v) is 7.99. The smallest absolute Gasteiger partial charge is 0.140 e. The molecule has 2 heterocycles. The van der Waals surface area contributed by atoms with E-state index in [1.54, 1.807) is 12.1 Å². The van der Waals surface area contributed by atoms with Crippen molar-refractivity contribution >= 4 is 29.0 Å². The lowest BCUT2D eigenvalue weighted by Crippen LogP contribution is -2.42. The number of hydrogen-bond donors (Lipinski definition) is 0. The van der Waals surface area contributed by atoms with Crippen LogP contribution in [-0.2, 0) is 11.2 Å². The normalized spacial score (nSPS) is 29.6. The minimum Gasteiger partial charge on any atom is -0.300 e. The zero-order valence-electron chi connectivity index (χ0n) is 11.6. The van der Waals surface area contributed by atoms with Gasteiger partial charge in [-0.1, -0.05) is 29.3 Å². The maximum absolute atomic E-state index is 12.6. The van der Waals surface area contributed by atoms with Crippen molar-refractivity contribution in [2.75, 3.05) is 7.05 Å². The first kappa shape index (κ1) is 14.4. The average Bonchev–Trinajstić information content (AvgIpc) is 2.65. The fourth-order valence-corrected chi connectivity index (χ4v) is 4.23. The van der Waals surface area contributed by atoms with Gasteiger partial charge in [0.15, 0.2) is 0 Å². The maximum atomic E-state index is 12.6. The number of benzene rings is 1. The van der Waals surface area contributed by atoms with Crippen molar-refractivity contribution in [2.45, 2.75) is 44.2 Å². The van der Waals surface area contributed by atoms with Gasteiger partial charge in [0, 0.05) is 34.5 Å². The summed E-state index contributed by atoms with van der Waals surface area (Å²) in [5.41, 5.74) is 0.784. The van der Waals surface area contributed by atoms with E-state index < -0.39 is 0 Å². The summed E-state index contributed by atoms with van der Waals surface area (Å²) in [6, 6.07) is 6.59. The molecule has 0 radical (unpaired) electrons. The van der Waals surface area contributed by atoms with E-state index in [-0.39, 0.29) is 5.92 Å². The molecular formula is C16H19Cl2NO. The van der Waals surface area contributed by atoms with Crippen LogP contribution in [0.5, 0.6) is 0 Å². The van der Waals surface area contributed by atoms with Crippen LogP contribution in [0.1, 0.15) is 31.2 Å². The number of ketones is 1. The van der Waals surface area contributed by atoms with Crippen molar-refractivity contribution in [3.63, 3.8) is 0 Å². The number of carbonyl (C=O) groups is 1. The quantitative estimate of drug-likeness (QED) is 0.841. The van der Waals surface area contributed by atoms with Gasteiger partial charge in [0.05, 0.1) is 0 Å². The Labute approximate surface area is 130 Å². The number of nitrogens with zero attached hydrogens (tertiary/aromatic N) is 1. The van der Waals surface area contributed by atoms with Crippen LogP contribution < -0.4 is 0 Å². The second kappa shape index (κ2) is 5.67. The molecule has 2 atom stereocenters. The molecule has 0 aliphatic carbocycles. The molecule has 2 nitrogen and oxygen atoms in total. The van der Waals surface area contributed by atoms with E-state index in [9.17, 15) is 4.79 Å². The Hall–Kier alpha value is -0.570. The number of carbonyl (C=O) groups excluding carboxylic acids is 1. The van der Waals surface area contributed by atoms with E-state index in [2.05, 4.69) is 11.9 Å². The third kappa shape index (κ3) is 2.61. The van der Waals surface area contributed by atoms with Gasteiger partial charge in [-0.25, -0.2) is 0 Å². The van der Waals surface area contributed by atoms with Crippen LogP contribution in [0.3, 0.4) is 0 Å². The summed E-state index contributed by atoms with van der Waals surface area (Å²) < 4.78 is 0. The Bertz CT molecular complexity index is 497. The summed E-state index contributed by atoms with van der Waals surface area (Å²) >= 11 is 12.3. The molecule has 4 heteroatoms. The number of piperidine rings is 1. The van der Waals surface area contributed by atoms with Crippen LogP contribution in [0.15, 0.2) is 18.2 Å². The van der Waals surface area contributed by atoms with Crippen molar-refractivity contribution in [3.05, 3.63) is 33.8 Å². The van der Waals surface area contributed by atoms with Gasteiger partial charge < -0.3 is 4.90 Å². The molecule has 1 aromatic rings. The average molecular weight is 312 g/mol. The highest BCUT2D eigenvalue weighted by molar-refractivity contribution is 6.36. The number of rotatable bonds is 3. The summed E-state index contributed by atoms with van der Waals surface area (Å²) in [6.07, 6.45) is 4.82. The summed E-state index contributed by atoms with van der Waals surface area (Å²) in [6.45, 7) is 0. The van der Waals surface area contributed by atoms with Crippen molar-refractivity contribution in [3.8, 4) is 0 Å². The predicted octanol–water partition coefficient (Wildman–Crippen LogP) is 3.98. The Kier molecular flexibility index (Phi) is 4.07. The van der Waals surface area contributed by atoms with Gasteiger partial charge in [-0.15, -0.1) is 0 Å². The molecule has 0 amide bonds. The van der Waals surface area contributed by atoms with Crippen LogP contribution in [0.25, 0.3) is 0 Å². The van der Waals surface area contributed by atoms with Gasteiger partial charge in [-0.2, -0.15) is 0 Å². The maximum Gasteiger partial charge on any atom is 0.140 e. The molecule has 2 bridgehead atoms. The SMILES string of the molecule is CN1C2CCC1CC(C(=O)Cc1c(Cl)cccc1Cl)C2. The first-order valence-electron chi connectivity index (χ1n) is 7.23. The molecule has 2 aliphatic heterocycles. The molecular weight excluding hydrogens is 293 g/mol. The van der Waals surface area contributed by atoms with Gasteiger partial charge in [0.2, 0.25) is 0 Å². The number of halogens is 2. The summed E-state index contributed by atoms with van der Waals surface area (Å²) in [5.74, 6) is 0.473. The van der Waals surface area contributed by atoms with E-state index in [1.807, 2.05) is 6.07 Å². The molecule has 108 valence electrons. The Morgan fingerprint density at radius 1 is 1.20 bits per heavy atom. The first-order chi connectivity index (χ1) is 9.56. The van der Waals surface area contributed by atoms with Crippen LogP contribution in [0, 0.1) is 5.92 Å². The van der Waals surface area contributed by atoms with E-state index >= 15 is 0 Å². The fraction of sp³-hybridized carbons (Fsp3) is 0.562. The summed E-state index contributed by atoms with van der Waals surface area (Å²) in [7, 11) is 2.19. The van der Waals surface area contributed by atoms with E-state index in [0.717, 1.165) is 18.4 Å². The lowest BCUT2D eigenvalue weighted by atomic mass is 9.85. The lowest BCUT2D eigenvalue weighted by molar-refractivity contribution is -0.124. The minimum atomic E-state index is 0.177. The van der Waals surface area contributed by atoms with Crippen LogP contribution in [-0.4, -0.2) is 29.8 Å². The fourth-order valence-electron chi connectivity index (χ4n) is 3.69. The van der Waals surface area contributed by atoms with Crippen molar-refractivity contribution < 1.29 is 4.79 Å². The predicted molar refractivity (Wildman–Crippen MR) is 82.5 cm³/mol. The van der Waals surface area contributed by atoms with E-state index in [0.29, 0.717) is 34.3 Å². The highest BCUT2D eigenvalue weighted by atomic mass is 35.5. The van der Waals surface area contributed by atoms with Gasteiger partial charge in [-0.3, -0.25) is 4.79 Å². The highest BCUT2D eigenvalue weighted by Gasteiger charge is 2.40. The van der Waals surface area contributed by atoms with Crippen molar-refractivity contribution in [1.82, 2.24) is 4.90 Å². The minimum absolute atomic E-state index is 0.177. The van der Waals surface area contributed by atoms with E-state index in [4.69, 9.17) is 23.2 Å². The lowest BCUT2D eigenvalue weighted by Gasteiger charge is -2.35. The summed E-state index contributed by atoms with van der Waals surface area (Å²) in [5, 5.41) is 1.20. The largest absolute Gasteiger partial charge is 0.300 e. The van der Waals surface area contributed by atoms with Crippen LogP contribution in [0.2, 0.25) is 10.0 Å². The Balaban J connectivity index is 1.71. The van der Waals surface area contributed by atoms with Crippen LogP contribution in [0.4, 0.5) is 0 Å². The molecule has 1 aromatic carbocycles. The Morgan fingerprint density at radius 3 is 2.30 bits per heavy atom. The topological polar surface area (TPSA) is 20.3 Å². The molecule has 2 fully saturated rings. The molecule has 0 aromatic heterocycles. The molecule has 2 unspecified atom stereocenters. The second-order valence-corrected chi connectivity index (χ2v) is 6.88. The van der Waals surface area contributed by atoms with Gasteiger partial charge in [0.25, 0.3) is 0 Å². The highest BCUT2D eigenvalue weighted by Crippen LogP contribution is 2.38. The third-order valence-electron chi connectivity index (χ3n) is 4.97. The number of fused-ring (bicyclic) bond motifs is 2. The van der Waals surface area contributed by atoms with Gasteiger partial charge in [-0.05, 0) is 50.4 Å². The molecule has 3 rings (SSSR count). The van der Waals surface area contributed by atoms with Gasteiger partial charge >= 0.3 is 0 Å². The molecule has 0 spiro atoms. The molecule has 2 saturated heterocycles. The van der Waals surface area contributed by atoms with Crippen molar-refractivity contribution in [2.24, 2.45) is 5.92 Å².